The van der Waals surface area contributed by atoms with E-state index < -0.39 is 0 Å². The van der Waals surface area contributed by atoms with Gasteiger partial charge in [-0.3, -0.25) is 0 Å². The molecule has 0 aliphatic carbocycles. The first-order valence-electron chi connectivity index (χ1n) is 5.61. The Balaban J connectivity index is 1.70. The Hall–Kier alpha value is -1.92. The van der Waals surface area contributed by atoms with Crippen molar-refractivity contribution in [2.75, 3.05) is 5.32 Å². The summed E-state index contributed by atoms with van der Waals surface area (Å²) in [6.07, 6.45) is 6.94. The average Bonchev–Trinajstić information content (AvgIpc) is 3.06. The molecule has 96 valence electrons. The molecule has 0 aliphatic heterocycles. The second kappa shape index (κ2) is 5.38. The van der Waals surface area contributed by atoms with Crippen LogP contribution >= 0.6 is 22.9 Å². The number of nitrogens with zero attached hydrogens (tertiary/aromatic N) is 4. The highest BCUT2D eigenvalue weighted by Gasteiger charge is 2.04. The third-order valence-corrected chi connectivity index (χ3v) is 3.77. The van der Waals surface area contributed by atoms with Crippen LogP contribution in [0.25, 0.3) is 5.95 Å². The lowest BCUT2D eigenvalue weighted by atomic mass is 10.3. The van der Waals surface area contributed by atoms with Gasteiger partial charge in [0.1, 0.15) is 0 Å². The lowest BCUT2D eigenvalue weighted by Crippen LogP contribution is -2.00. The van der Waals surface area contributed by atoms with Gasteiger partial charge in [-0.05, 0) is 17.5 Å². The lowest BCUT2D eigenvalue weighted by Gasteiger charge is -2.01. The van der Waals surface area contributed by atoms with Gasteiger partial charge in [0.2, 0.25) is 5.95 Å². The molecule has 0 bridgehead atoms. The normalized spacial score (nSPS) is 10.6. The molecule has 3 aromatic heterocycles. The van der Waals surface area contributed by atoms with Gasteiger partial charge in [0, 0.05) is 24.5 Å². The number of nitrogens with one attached hydrogen (secondary N) is 1. The van der Waals surface area contributed by atoms with Crippen LogP contribution in [0.3, 0.4) is 0 Å². The van der Waals surface area contributed by atoms with Crippen molar-refractivity contribution in [1.29, 1.82) is 0 Å². The van der Waals surface area contributed by atoms with Crippen LogP contribution in [-0.4, -0.2) is 19.7 Å². The van der Waals surface area contributed by atoms with E-state index in [0.29, 0.717) is 12.5 Å². The SMILES string of the molecule is Clc1sccc1CNc1cnn(-c2ncccn2)c1. The quantitative estimate of drug-likeness (QED) is 0.803. The zero-order valence-electron chi connectivity index (χ0n) is 9.82. The minimum atomic E-state index is 0.545. The number of anilines is 1. The first kappa shape index (κ1) is 12.1. The smallest absolute Gasteiger partial charge is 0.250 e. The molecule has 0 amide bonds. The Morgan fingerprint density at radius 1 is 1.32 bits per heavy atom. The summed E-state index contributed by atoms with van der Waals surface area (Å²) in [7, 11) is 0. The third kappa shape index (κ3) is 2.74. The van der Waals surface area contributed by atoms with Gasteiger partial charge in [0.25, 0.3) is 0 Å². The van der Waals surface area contributed by atoms with Crippen molar-refractivity contribution >= 4 is 28.6 Å². The number of halogens is 1. The van der Waals surface area contributed by atoms with Crippen LogP contribution < -0.4 is 5.32 Å². The van der Waals surface area contributed by atoms with Gasteiger partial charge in [-0.15, -0.1) is 11.3 Å². The Morgan fingerprint density at radius 2 is 2.16 bits per heavy atom. The zero-order chi connectivity index (χ0) is 13.1. The molecular weight excluding hydrogens is 282 g/mol. The summed E-state index contributed by atoms with van der Waals surface area (Å²) in [5.41, 5.74) is 1.98. The number of hydrogen-bond donors (Lipinski definition) is 1. The maximum Gasteiger partial charge on any atom is 0.250 e. The van der Waals surface area contributed by atoms with Crippen molar-refractivity contribution in [1.82, 2.24) is 19.7 Å². The lowest BCUT2D eigenvalue weighted by molar-refractivity contribution is 0.808. The van der Waals surface area contributed by atoms with Gasteiger partial charge < -0.3 is 5.32 Å². The summed E-state index contributed by atoms with van der Waals surface area (Å²) in [5.74, 6) is 0.545. The standard InChI is InChI=1S/C12H10ClN5S/c13-11-9(2-5-19-11)6-16-10-7-17-18(8-10)12-14-3-1-4-15-12/h1-5,7-8,16H,6H2. The van der Waals surface area contributed by atoms with Crippen LogP contribution in [0.4, 0.5) is 5.69 Å². The molecule has 0 aromatic carbocycles. The van der Waals surface area contributed by atoms with E-state index in [1.54, 1.807) is 29.3 Å². The first-order chi connectivity index (χ1) is 9.33. The molecule has 19 heavy (non-hydrogen) atoms. The van der Waals surface area contributed by atoms with E-state index in [-0.39, 0.29) is 0 Å². The molecule has 0 saturated heterocycles. The average molecular weight is 292 g/mol. The van der Waals surface area contributed by atoms with Crippen molar-refractivity contribution in [3.8, 4) is 5.95 Å². The summed E-state index contributed by atoms with van der Waals surface area (Å²) in [6, 6.07) is 3.77. The number of hydrogen-bond acceptors (Lipinski definition) is 5. The predicted octanol–water partition coefficient (Wildman–Crippen LogP) is 2.99. The summed E-state index contributed by atoms with van der Waals surface area (Å²) in [6.45, 7) is 0.670. The van der Waals surface area contributed by atoms with Crippen LogP contribution in [0.1, 0.15) is 5.56 Å². The molecule has 3 aromatic rings. The van der Waals surface area contributed by atoms with Crippen LogP contribution in [0, 0.1) is 0 Å². The largest absolute Gasteiger partial charge is 0.378 e. The van der Waals surface area contributed by atoms with Crippen LogP contribution in [0.2, 0.25) is 4.34 Å². The van der Waals surface area contributed by atoms with Crippen molar-refractivity contribution in [2.45, 2.75) is 6.54 Å². The highest BCUT2D eigenvalue weighted by atomic mass is 35.5. The van der Waals surface area contributed by atoms with Crippen molar-refractivity contribution < 1.29 is 0 Å². The molecule has 0 aliphatic rings. The molecule has 0 unspecified atom stereocenters. The molecule has 0 saturated carbocycles. The molecule has 3 rings (SSSR count). The van der Waals surface area contributed by atoms with Crippen molar-refractivity contribution in [2.24, 2.45) is 0 Å². The van der Waals surface area contributed by atoms with E-state index in [2.05, 4.69) is 20.4 Å². The molecule has 7 heteroatoms. The minimum absolute atomic E-state index is 0.545. The molecule has 1 N–H and O–H groups in total. The third-order valence-electron chi connectivity index (χ3n) is 2.52. The van der Waals surface area contributed by atoms with E-state index in [4.69, 9.17) is 11.6 Å². The number of thiophene rings is 1. The Morgan fingerprint density at radius 3 is 2.89 bits per heavy atom. The Bertz CT molecular complexity index is 664. The molecule has 0 fully saturated rings. The summed E-state index contributed by atoms with van der Waals surface area (Å²) >= 11 is 7.57. The van der Waals surface area contributed by atoms with Crippen molar-refractivity contribution in [3.05, 3.63) is 52.2 Å². The molecule has 5 nitrogen and oxygen atoms in total. The molecule has 0 radical (unpaired) electrons. The van der Waals surface area contributed by atoms with Gasteiger partial charge >= 0.3 is 0 Å². The van der Waals surface area contributed by atoms with Crippen molar-refractivity contribution in [3.63, 3.8) is 0 Å². The molecule has 0 spiro atoms. The summed E-state index contributed by atoms with van der Waals surface area (Å²) in [4.78, 5) is 8.26. The number of aromatic nitrogens is 4. The van der Waals surface area contributed by atoms with E-state index >= 15 is 0 Å². The molecule has 3 heterocycles. The fraction of sp³-hybridized carbons (Fsp3) is 0.0833. The van der Waals surface area contributed by atoms with Gasteiger partial charge in [-0.1, -0.05) is 11.6 Å². The van der Waals surface area contributed by atoms with E-state index in [0.717, 1.165) is 15.6 Å². The fourth-order valence-corrected chi connectivity index (χ4v) is 2.50. The first-order valence-corrected chi connectivity index (χ1v) is 6.86. The second-order valence-electron chi connectivity index (χ2n) is 3.80. The van der Waals surface area contributed by atoms with Gasteiger partial charge in [-0.25, -0.2) is 14.6 Å². The van der Waals surface area contributed by atoms with Gasteiger partial charge in [-0.2, -0.15) is 5.10 Å². The maximum atomic E-state index is 6.04. The Kier molecular flexibility index (Phi) is 3.43. The van der Waals surface area contributed by atoms with Gasteiger partial charge in [0.15, 0.2) is 0 Å². The van der Waals surface area contributed by atoms with Crippen LogP contribution in [0.15, 0.2) is 42.3 Å². The van der Waals surface area contributed by atoms with Crippen LogP contribution in [-0.2, 0) is 6.54 Å². The zero-order valence-corrected chi connectivity index (χ0v) is 11.4. The fourth-order valence-electron chi connectivity index (χ4n) is 1.58. The van der Waals surface area contributed by atoms with E-state index in [9.17, 15) is 0 Å². The van der Waals surface area contributed by atoms with Gasteiger partial charge in [0.05, 0.1) is 22.4 Å². The van der Waals surface area contributed by atoms with E-state index in [1.165, 1.54) is 11.3 Å². The highest BCUT2D eigenvalue weighted by Crippen LogP contribution is 2.23. The topological polar surface area (TPSA) is 55.6 Å². The molecular formula is C12H10ClN5S. The van der Waals surface area contributed by atoms with E-state index in [1.807, 2.05) is 17.6 Å². The Labute approximate surface area is 118 Å². The van der Waals surface area contributed by atoms with Crippen LogP contribution in [0.5, 0.6) is 0 Å². The highest BCUT2D eigenvalue weighted by molar-refractivity contribution is 7.14. The second-order valence-corrected chi connectivity index (χ2v) is 5.31. The molecule has 0 atom stereocenters. The predicted molar refractivity (Wildman–Crippen MR) is 75.8 cm³/mol. The minimum Gasteiger partial charge on any atom is -0.378 e. The monoisotopic (exact) mass is 291 g/mol. The number of rotatable bonds is 4. The summed E-state index contributed by atoms with van der Waals surface area (Å²) in [5, 5.41) is 9.44. The summed E-state index contributed by atoms with van der Waals surface area (Å²) < 4.78 is 2.43. The maximum absolute atomic E-state index is 6.04.